The van der Waals surface area contributed by atoms with Crippen molar-refractivity contribution in [3.8, 4) is 0 Å². The van der Waals surface area contributed by atoms with Crippen LogP contribution in [0.2, 0.25) is 0 Å². The van der Waals surface area contributed by atoms with Crippen molar-refractivity contribution in [2.45, 2.75) is 6.54 Å². The lowest BCUT2D eigenvalue weighted by Crippen LogP contribution is -2.24. The molecular formula is C15H15BrN2O3S. The van der Waals surface area contributed by atoms with E-state index in [-0.39, 0.29) is 12.5 Å². The maximum absolute atomic E-state index is 12.2. The summed E-state index contributed by atoms with van der Waals surface area (Å²) < 4.78 is 25.8. The lowest BCUT2D eigenvalue weighted by molar-refractivity contribution is 0.0950. The Bertz CT molecular complexity index is 791. The van der Waals surface area contributed by atoms with Crippen LogP contribution in [-0.4, -0.2) is 20.6 Å². The van der Waals surface area contributed by atoms with Crippen molar-refractivity contribution in [1.82, 2.24) is 5.32 Å². The van der Waals surface area contributed by atoms with Crippen LogP contribution in [0.1, 0.15) is 15.9 Å². The summed E-state index contributed by atoms with van der Waals surface area (Å²) in [4.78, 5) is 12.2. The van der Waals surface area contributed by atoms with Gasteiger partial charge >= 0.3 is 0 Å². The second kappa shape index (κ2) is 6.93. The highest BCUT2D eigenvalue weighted by Gasteiger charge is 2.11. The largest absolute Gasteiger partial charge is 0.348 e. The van der Waals surface area contributed by atoms with Crippen LogP contribution in [0.3, 0.4) is 0 Å². The zero-order chi connectivity index (χ0) is 16.2. The normalized spacial score (nSPS) is 11.0. The first-order valence-electron chi connectivity index (χ1n) is 6.45. The number of carbonyl (C=O) groups is 1. The average molecular weight is 383 g/mol. The topological polar surface area (TPSA) is 75.3 Å². The molecule has 0 saturated heterocycles. The van der Waals surface area contributed by atoms with Crippen molar-refractivity contribution in [2.75, 3.05) is 11.0 Å². The van der Waals surface area contributed by atoms with Gasteiger partial charge in [-0.2, -0.15) is 0 Å². The number of halogens is 1. The molecule has 0 aliphatic rings. The summed E-state index contributed by atoms with van der Waals surface area (Å²) in [5.74, 6) is -0.235. The molecule has 7 heteroatoms. The molecule has 0 aromatic heterocycles. The van der Waals surface area contributed by atoms with Gasteiger partial charge in [0, 0.05) is 11.0 Å². The number of nitrogens with one attached hydrogen (secondary N) is 2. The van der Waals surface area contributed by atoms with Crippen molar-refractivity contribution in [1.29, 1.82) is 0 Å². The number of hydrogen-bond donors (Lipinski definition) is 2. The number of amides is 1. The van der Waals surface area contributed by atoms with Gasteiger partial charge in [-0.05, 0) is 39.7 Å². The van der Waals surface area contributed by atoms with Crippen LogP contribution in [0.4, 0.5) is 5.69 Å². The summed E-state index contributed by atoms with van der Waals surface area (Å²) in [7, 11) is -3.37. The molecule has 0 atom stereocenters. The van der Waals surface area contributed by atoms with Crippen molar-refractivity contribution < 1.29 is 13.2 Å². The van der Waals surface area contributed by atoms with E-state index in [1.165, 1.54) is 0 Å². The predicted octanol–water partition coefficient (Wildman–Crippen LogP) is 2.75. The molecule has 0 aliphatic carbocycles. The zero-order valence-electron chi connectivity index (χ0n) is 11.8. The van der Waals surface area contributed by atoms with Crippen LogP contribution in [-0.2, 0) is 16.6 Å². The van der Waals surface area contributed by atoms with Crippen LogP contribution < -0.4 is 10.0 Å². The number of benzene rings is 2. The maximum atomic E-state index is 12.2. The highest BCUT2D eigenvalue weighted by molar-refractivity contribution is 9.10. The first-order valence-corrected chi connectivity index (χ1v) is 9.14. The lowest BCUT2D eigenvalue weighted by atomic mass is 10.1. The van der Waals surface area contributed by atoms with Gasteiger partial charge in [0.15, 0.2) is 0 Å². The molecule has 1 amide bonds. The molecule has 2 N–H and O–H groups in total. The Hall–Kier alpha value is -1.86. The van der Waals surface area contributed by atoms with E-state index in [0.29, 0.717) is 21.3 Å². The molecule has 0 fully saturated rings. The highest BCUT2D eigenvalue weighted by Crippen LogP contribution is 2.18. The lowest BCUT2D eigenvalue weighted by Gasteiger charge is -2.12. The van der Waals surface area contributed by atoms with Crippen LogP contribution in [0.25, 0.3) is 0 Å². The minimum Gasteiger partial charge on any atom is -0.348 e. The van der Waals surface area contributed by atoms with E-state index in [1.54, 1.807) is 42.5 Å². The van der Waals surface area contributed by atoms with Gasteiger partial charge in [0.1, 0.15) is 0 Å². The molecule has 0 bridgehead atoms. The van der Waals surface area contributed by atoms with E-state index in [9.17, 15) is 13.2 Å². The second-order valence-corrected chi connectivity index (χ2v) is 7.30. The Morgan fingerprint density at radius 1 is 1.09 bits per heavy atom. The van der Waals surface area contributed by atoms with Gasteiger partial charge < -0.3 is 5.32 Å². The fourth-order valence-corrected chi connectivity index (χ4v) is 2.95. The minimum absolute atomic E-state index is 0.221. The zero-order valence-corrected chi connectivity index (χ0v) is 14.2. The molecule has 5 nitrogen and oxygen atoms in total. The number of anilines is 1. The first kappa shape index (κ1) is 16.5. The Kier molecular flexibility index (Phi) is 5.20. The van der Waals surface area contributed by atoms with Gasteiger partial charge in [0.2, 0.25) is 10.0 Å². The Labute approximate surface area is 137 Å². The van der Waals surface area contributed by atoms with Crippen molar-refractivity contribution in [3.63, 3.8) is 0 Å². The quantitative estimate of drug-likeness (QED) is 0.834. The van der Waals surface area contributed by atoms with E-state index in [1.807, 2.05) is 6.07 Å². The summed E-state index contributed by atoms with van der Waals surface area (Å²) in [5.41, 5.74) is 1.67. The Morgan fingerprint density at radius 3 is 2.41 bits per heavy atom. The molecule has 0 spiro atoms. The third kappa shape index (κ3) is 4.57. The summed E-state index contributed by atoms with van der Waals surface area (Å²) in [6, 6.07) is 14.0. The third-order valence-corrected chi connectivity index (χ3v) is 4.15. The van der Waals surface area contributed by atoms with Crippen LogP contribution in [0.15, 0.2) is 53.0 Å². The van der Waals surface area contributed by atoms with E-state index in [0.717, 1.165) is 6.26 Å². The molecule has 0 saturated carbocycles. The molecule has 2 aromatic rings. The molecule has 0 aliphatic heterocycles. The number of hydrogen-bond acceptors (Lipinski definition) is 3. The fraction of sp³-hybridized carbons (Fsp3) is 0.133. The van der Waals surface area contributed by atoms with E-state index < -0.39 is 10.0 Å². The number of rotatable bonds is 5. The van der Waals surface area contributed by atoms with Gasteiger partial charge in [-0.15, -0.1) is 0 Å². The number of carbonyl (C=O) groups excluding carboxylic acids is 1. The second-order valence-electron chi connectivity index (χ2n) is 4.69. The predicted molar refractivity (Wildman–Crippen MR) is 90.2 cm³/mol. The SMILES string of the molecule is CS(=O)(=O)Nc1ccccc1CNC(=O)c1ccccc1Br. The van der Waals surface area contributed by atoms with Crippen molar-refractivity contribution in [3.05, 3.63) is 64.1 Å². The smallest absolute Gasteiger partial charge is 0.252 e. The molecule has 0 radical (unpaired) electrons. The molecule has 2 aromatic carbocycles. The van der Waals surface area contributed by atoms with Gasteiger partial charge in [0.05, 0.1) is 17.5 Å². The molecule has 0 heterocycles. The molecule has 0 unspecified atom stereocenters. The van der Waals surface area contributed by atoms with E-state index in [2.05, 4.69) is 26.0 Å². The molecular weight excluding hydrogens is 368 g/mol. The summed E-state index contributed by atoms with van der Waals surface area (Å²) in [6.07, 6.45) is 1.09. The van der Waals surface area contributed by atoms with Crippen LogP contribution in [0.5, 0.6) is 0 Å². The van der Waals surface area contributed by atoms with E-state index >= 15 is 0 Å². The summed E-state index contributed by atoms with van der Waals surface area (Å²) in [5, 5.41) is 2.78. The number of para-hydroxylation sites is 1. The summed E-state index contributed by atoms with van der Waals surface area (Å²) in [6.45, 7) is 0.221. The fourth-order valence-electron chi connectivity index (χ4n) is 1.89. The van der Waals surface area contributed by atoms with Gasteiger partial charge in [-0.1, -0.05) is 30.3 Å². The van der Waals surface area contributed by atoms with E-state index in [4.69, 9.17) is 0 Å². The molecule has 22 heavy (non-hydrogen) atoms. The Balaban J connectivity index is 2.12. The minimum atomic E-state index is -3.37. The standard InChI is InChI=1S/C15H15BrN2O3S/c1-22(20,21)18-14-9-5-2-6-11(14)10-17-15(19)12-7-3-4-8-13(12)16/h2-9,18H,10H2,1H3,(H,17,19). The Morgan fingerprint density at radius 2 is 1.73 bits per heavy atom. The van der Waals surface area contributed by atoms with Gasteiger partial charge in [-0.3, -0.25) is 9.52 Å². The first-order chi connectivity index (χ1) is 10.4. The van der Waals surface area contributed by atoms with Gasteiger partial charge in [-0.25, -0.2) is 8.42 Å². The third-order valence-electron chi connectivity index (χ3n) is 2.87. The monoisotopic (exact) mass is 382 g/mol. The molecule has 116 valence electrons. The van der Waals surface area contributed by atoms with Crippen LogP contribution >= 0.6 is 15.9 Å². The maximum Gasteiger partial charge on any atom is 0.252 e. The highest BCUT2D eigenvalue weighted by atomic mass is 79.9. The number of sulfonamides is 1. The van der Waals surface area contributed by atoms with Crippen molar-refractivity contribution in [2.24, 2.45) is 0 Å². The summed E-state index contributed by atoms with van der Waals surface area (Å²) >= 11 is 3.32. The van der Waals surface area contributed by atoms with Gasteiger partial charge in [0.25, 0.3) is 5.91 Å². The van der Waals surface area contributed by atoms with Crippen LogP contribution in [0, 0.1) is 0 Å². The average Bonchev–Trinajstić information content (AvgIpc) is 2.45. The van der Waals surface area contributed by atoms with Crippen molar-refractivity contribution >= 4 is 37.5 Å². The molecule has 2 rings (SSSR count).